The van der Waals surface area contributed by atoms with Crippen LogP contribution in [0.2, 0.25) is 0 Å². The van der Waals surface area contributed by atoms with E-state index in [-0.39, 0.29) is 0 Å². The maximum atomic E-state index is 3.59. The van der Waals surface area contributed by atoms with Crippen LogP contribution in [0, 0.1) is 5.92 Å². The molecule has 0 bridgehead atoms. The summed E-state index contributed by atoms with van der Waals surface area (Å²) in [6.45, 7) is 3.43. The average Bonchev–Trinajstić information content (AvgIpc) is 2.38. The lowest BCUT2D eigenvalue weighted by molar-refractivity contribution is 0.390. The van der Waals surface area contributed by atoms with E-state index in [1.165, 1.54) is 37.3 Å². The zero-order valence-electron chi connectivity index (χ0n) is 10.9. The number of para-hydroxylation sites is 2. The largest absolute Gasteiger partial charge is 0.383 e. The van der Waals surface area contributed by atoms with Crippen molar-refractivity contribution in [2.75, 3.05) is 43.9 Å². The molecule has 17 heavy (non-hydrogen) atoms. The van der Waals surface area contributed by atoms with Crippen molar-refractivity contribution in [3.05, 3.63) is 24.3 Å². The van der Waals surface area contributed by atoms with E-state index in [1.807, 2.05) is 0 Å². The van der Waals surface area contributed by atoms with Gasteiger partial charge in [-0.1, -0.05) is 12.1 Å². The standard InChI is InChI=1S/C14H23N3/c1-17(2)14-6-4-3-5-13(14)16-11-12-7-9-15-10-8-12/h3-6,12,15-16H,7-11H2,1-2H3. The van der Waals surface area contributed by atoms with Crippen molar-refractivity contribution in [2.45, 2.75) is 12.8 Å². The fourth-order valence-corrected chi connectivity index (χ4v) is 2.35. The van der Waals surface area contributed by atoms with E-state index >= 15 is 0 Å². The molecule has 1 aromatic carbocycles. The third-order valence-corrected chi connectivity index (χ3v) is 3.43. The van der Waals surface area contributed by atoms with Gasteiger partial charge in [0, 0.05) is 20.6 Å². The quantitative estimate of drug-likeness (QED) is 0.834. The fraction of sp³-hybridized carbons (Fsp3) is 0.571. The Labute approximate surface area is 104 Å². The molecule has 0 radical (unpaired) electrons. The van der Waals surface area contributed by atoms with Gasteiger partial charge in [0.2, 0.25) is 0 Å². The minimum atomic E-state index is 0.812. The predicted octanol–water partition coefficient (Wildman–Crippen LogP) is 2.16. The van der Waals surface area contributed by atoms with Crippen molar-refractivity contribution in [3.8, 4) is 0 Å². The highest BCUT2D eigenvalue weighted by atomic mass is 15.1. The molecule has 0 spiro atoms. The first-order valence-electron chi connectivity index (χ1n) is 6.48. The van der Waals surface area contributed by atoms with Gasteiger partial charge in [0.25, 0.3) is 0 Å². The van der Waals surface area contributed by atoms with Crippen LogP contribution in [0.4, 0.5) is 11.4 Å². The number of hydrogen-bond donors (Lipinski definition) is 2. The monoisotopic (exact) mass is 233 g/mol. The third-order valence-electron chi connectivity index (χ3n) is 3.43. The Morgan fingerprint density at radius 1 is 1.24 bits per heavy atom. The first-order chi connectivity index (χ1) is 8.27. The van der Waals surface area contributed by atoms with Crippen molar-refractivity contribution in [1.82, 2.24) is 5.32 Å². The van der Waals surface area contributed by atoms with Gasteiger partial charge in [0.15, 0.2) is 0 Å². The van der Waals surface area contributed by atoms with E-state index in [2.05, 4.69) is 53.9 Å². The van der Waals surface area contributed by atoms with Gasteiger partial charge in [0.05, 0.1) is 11.4 Å². The van der Waals surface area contributed by atoms with Crippen LogP contribution in [0.3, 0.4) is 0 Å². The molecule has 1 heterocycles. The fourth-order valence-electron chi connectivity index (χ4n) is 2.35. The van der Waals surface area contributed by atoms with Gasteiger partial charge >= 0.3 is 0 Å². The molecule has 1 saturated heterocycles. The van der Waals surface area contributed by atoms with Crippen molar-refractivity contribution in [2.24, 2.45) is 5.92 Å². The molecule has 3 heteroatoms. The summed E-state index contributed by atoms with van der Waals surface area (Å²) in [7, 11) is 4.18. The van der Waals surface area contributed by atoms with E-state index in [0.29, 0.717) is 0 Å². The van der Waals surface area contributed by atoms with Crippen molar-refractivity contribution in [1.29, 1.82) is 0 Å². The highest BCUT2D eigenvalue weighted by Crippen LogP contribution is 2.24. The Kier molecular flexibility index (Phi) is 4.26. The van der Waals surface area contributed by atoms with Crippen molar-refractivity contribution < 1.29 is 0 Å². The molecule has 1 fully saturated rings. The van der Waals surface area contributed by atoms with Gasteiger partial charge in [-0.05, 0) is 44.0 Å². The Morgan fingerprint density at radius 2 is 1.94 bits per heavy atom. The summed E-state index contributed by atoms with van der Waals surface area (Å²) in [5.41, 5.74) is 2.51. The molecule has 0 aliphatic carbocycles. The molecule has 2 N–H and O–H groups in total. The van der Waals surface area contributed by atoms with E-state index in [1.54, 1.807) is 0 Å². The summed E-state index contributed by atoms with van der Waals surface area (Å²) < 4.78 is 0. The lowest BCUT2D eigenvalue weighted by atomic mass is 9.98. The molecule has 1 aliphatic heterocycles. The van der Waals surface area contributed by atoms with Gasteiger partial charge in [0.1, 0.15) is 0 Å². The topological polar surface area (TPSA) is 27.3 Å². The van der Waals surface area contributed by atoms with Crippen LogP contribution in [-0.2, 0) is 0 Å². The normalized spacial score (nSPS) is 16.8. The SMILES string of the molecule is CN(C)c1ccccc1NCC1CCNCC1. The van der Waals surface area contributed by atoms with Gasteiger partial charge in [-0.25, -0.2) is 0 Å². The molecule has 0 amide bonds. The smallest absolute Gasteiger partial charge is 0.0596 e. The van der Waals surface area contributed by atoms with Crippen LogP contribution >= 0.6 is 0 Å². The molecule has 0 saturated carbocycles. The zero-order chi connectivity index (χ0) is 12.1. The number of anilines is 2. The van der Waals surface area contributed by atoms with Crippen molar-refractivity contribution in [3.63, 3.8) is 0 Å². The predicted molar refractivity (Wildman–Crippen MR) is 74.9 cm³/mol. The lowest BCUT2D eigenvalue weighted by Gasteiger charge is -2.25. The Bertz CT molecular complexity index is 343. The molecular formula is C14H23N3. The van der Waals surface area contributed by atoms with Crippen LogP contribution in [-0.4, -0.2) is 33.7 Å². The van der Waals surface area contributed by atoms with Gasteiger partial charge in [-0.2, -0.15) is 0 Å². The number of benzene rings is 1. The Balaban J connectivity index is 1.93. The number of nitrogens with one attached hydrogen (secondary N) is 2. The number of hydrogen-bond acceptors (Lipinski definition) is 3. The summed E-state index contributed by atoms with van der Waals surface area (Å²) in [4.78, 5) is 2.16. The molecular weight excluding hydrogens is 210 g/mol. The van der Waals surface area contributed by atoms with Crippen LogP contribution in [0.5, 0.6) is 0 Å². The summed E-state index contributed by atoms with van der Waals surface area (Å²) in [5, 5.41) is 7.00. The van der Waals surface area contributed by atoms with Gasteiger partial charge in [-0.3, -0.25) is 0 Å². The van der Waals surface area contributed by atoms with Crippen LogP contribution in [0.1, 0.15) is 12.8 Å². The number of nitrogens with zero attached hydrogens (tertiary/aromatic N) is 1. The molecule has 1 aromatic rings. The first-order valence-corrected chi connectivity index (χ1v) is 6.48. The first kappa shape index (κ1) is 12.2. The van der Waals surface area contributed by atoms with Crippen LogP contribution < -0.4 is 15.5 Å². The average molecular weight is 233 g/mol. The second-order valence-electron chi connectivity index (χ2n) is 4.99. The molecule has 0 unspecified atom stereocenters. The molecule has 2 rings (SSSR count). The van der Waals surface area contributed by atoms with Crippen molar-refractivity contribution >= 4 is 11.4 Å². The lowest BCUT2D eigenvalue weighted by Crippen LogP contribution is -2.31. The Hall–Kier alpha value is -1.22. The minimum Gasteiger partial charge on any atom is -0.383 e. The maximum absolute atomic E-state index is 3.59. The Morgan fingerprint density at radius 3 is 2.65 bits per heavy atom. The van der Waals surface area contributed by atoms with Gasteiger partial charge in [-0.15, -0.1) is 0 Å². The van der Waals surface area contributed by atoms with E-state index < -0.39 is 0 Å². The molecule has 0 aromatic heterocycles. The molecule has 94 valence electrons. The number of piperidine rings is 1. The minimum absolute atomic E-state index is 0.812. The second-order valence-corrected chi connectivity index (χ2v) is 4.99. The summed E-state index contributed by atoms with van der Waals surface area (Å²) in [6.07, 6.45) is 2.58. The molecule has 1 aliphatic rings. The molecule has 0 atom stereocenters. The van der Waals surface area contributed by atoms with E-state index in [0.717, 1.165) is 12.5 Å². The highest BCUT2D eigenvalue weighted by molar-refractivity contribution is 5.69. The third kappa shape index (κ3) is 3.37. The summed E-state index contributed by atoms with van der Waals surface area (Å²) in [5.74, 6) is 0.812. The number of rotatable bonds is 4. The van der Waals surface area contributed by atoms with Crippen LogP contribution in [0.15, 0.2) is 24.3 Å². The van der Waals surface area contributed by atoms with E-state index in [4.69, 9.17) is 0 Å². The zero-order valence-corrected chi connectivity index (χ0v) is 10.9. The highest BCUT2D eigenvalue weighted by Gasteiger charge is 2.13. The second kappa shape index (κ2) is 5.92. The van der Waals surface area contributed by atoms with Gasteiger partial charge < -0.3 is 15.5 Å². The summed E-state index contributed by atoms with van der Waals surface area (Å²) >= 11 is 0. The molecule has 3 nitrogen and oxygen atoms in total. The van der Waals surface area contributed by atoms with Crippen LogP contribution in [0.25, 0.3) is 0 Å². The maximum Gasteiger partial charge on any atom is 0.0596 e. The van der Waals surface area contributed by atoms with E-state index in [9.17, 15) is 0 Å². The summed E-state index contributed by atoms with van der Waals surface area (Å²) in [6, 6.07) is 8.50.